The molecule has 0 radical (unpaired) electrons. The Balaban J connectivity index is 0.00000146. The molecule has 24 heavy (non-hydrogen) atoms. The smallest absolute Gasteiger partial charge is 0.230 e. The van der Waals surface area contributed by atoms with Crippen LogP contribution in [0.25, 0.3) is 22.1 Å². The highest BCUT2D eigenvalue weighted by atomic mass is 35.5. The van der Waals surface area contributed by atoms with E-state index in [1.807, 2.05) is 12.1 Å². The number of pyridine rings is 1. The first-order valence-corrected chi connectivity index (χ1v) is 8.07. The minimum atomic E-state index is -0.00254. The molecule has 2 atom stereocenters. The second-order valence-corrected chi connectivity index (χ2v) is 6.55. The molecule has 2 fully saturated rings. The van der Waals surface area contributed by atoms with E-state index in [1.54, 1.807) is 18.3 Å². The molecule has 2 aliphatic heterocycles. The molecule has 0 amide bonds. The summed E-state index contributed by atoms with van der Waals surface area (Å²) in [6.07, 6.45) is 1.64. The second-order valence-electron chi connectivity index (χ2n) is 6.55. The highest BCUT2D eigenvalue weighted by molar-refractivity contribution is 5.89. The molecule has 0 spiro atoms. The largest absolute Gasteiger partial charge is 0.437 e. The molecule has 5 nitrogen and oxygen atoms in total. The van der Waals surface area contributed by atoms with Gasteiger partial charge in [0.25, 0.3) is 0 Å². The lowest BCUT2D eigenvalue weighted by molar-refractivity contribution is 0.533. The van der Waals surface area contributed by atoms with E-state index >= 15 is 0 Å². The third-order valence-electron chi connectivity index (χ3n) is 5.18. The van der Waals surface area contributed by atoms with Gasteiger partial charge in [0.1, 0.15) is 5.58 Å². The average molecular weight is 344 g/mol. The van der Waals surface area contributed by atoms with Crippen molar-refractivity contribution in [3.05, 3.63) is 46.8 Å². The number of aromatic nitrogens is 1. The van der Waals surface area contributed by atoms with E-state index in [2.05, 4.69) is 21.3 Å². The van der Waals surface area contributed by atoms with Crippen LogP contribution in [0.2, 0.25) is 0 Å². The summed E-state index contributed by atoms with van der Waals surface area (Å²) >= 11 is 0. The summed E-state index contributed by atoms with van der Waals surface area (Å²) in [6, 6.07) is 9.46. The number of fused-ring (bicyclic) bond motifs is 3. The van der Waals surface area contributed by atoms with Gasteiger partial charge in [-0.1, -0.05) is 0 Å². The fraction of sp³-hybridized carbons (Fsp3) is 0.333. The molecule has 0 bridgehead atoms. The van der Waals surface area contributed by atoms with Gasteiger partial charge in [-0.15, -0.1) is 12.4 Å². The third kappa shape index (κ3) is 2.27. The molecule has 3 aromatic rings. The van der Waals surface area contributed by atoms with Crippen LogP contribution in [-0.2, 0) is 0 Å². The highest BCUT2D eigenvalue weighted by Crippen LogP contribution is 2.31. The van der Waals surface area contributed by atoms with Gasteiger partial charge >= 0.3 is 0 Å². The van der Waals surface area contributed by atoms with Crippen molar-refractivity contribution < 1.29 is 4.42 Å². The molecule has 2 saturated heterocycles. The summed E-state index contributed by atoms with van der Waals surface area (Å²) in [5, 5.41) is 4.64. The minimum absolute atomic E-state index is 0. The molecule has 2 unspecified atom stereocenters. The Bertz CT molecular complexity index is 959. The van der Waals surface area contributed by atoms with Crippen molar-refractivity contribution in [1.82, 2.24) is 10.3 Å². The maximum Gasteiger partial charge on any atom is 0.230 e. The highest BCUT2D eigenvalue weighted by Gasteiger charge is 2.36. The van der Waals surface area contributed by atoms with Crippen LogP contribution in [0.4, 0.5) is 5.69 Å². The summed E-state index contributed by atoms with van der Waals surface area (Å²) in [5.41, 5.74) is 2.12. The van der Waals surface area contributed by atoms with Crippen molar-refractivity contribution in [2.45, 2.75) is 0 Å². The molecule has 6 heteroatoms. The monoisotopic (exact) mass is 343 g/mol. The summed E-state index contributed by atoms with van der Waals surface area (Å²) in [7, 11) is 0. The number of halogens is 1. The Labute approximate surface area is 145 Å². The molecule has 124 valence electrons. The van der Waals surface area contributed by atoms with Crippen molar-refractivity contribution in [1.29, 1.82) is 0 Å². The van der Waals surface area contributed by atoms with Gasteiger partial charge in [-0.05, 0) is 42.2 Å². The summed E-state index contributed by atoms with van der Waals surface area (Å²) in [5.74, 6) is 1.45. The van der Waals surface area contributed by atoms with Crippen molar-refractivity contribution in [3.63, 3.8) is 0 Å². The molecule has 1 aromatic carbocycles. The number of hydrogen-bond acceptors (Lipinski definition) is 5. The summed E-state index contributed by atoms with van der Waals surface area (Å²) < 4.78 is 5.78. The second kappa shape index (κ2) is 5.76. The molecule has 0 aliphatic carbocycles. The van der Waals surface area contributed by atoms with Gasteiger partial charge in [-0.25, -0.2) is 4.98 Å². The van der Waals surface area contributed by atoms with Crippen molar-refractivity contribution in [2.75, 3.05) is 31.1 Å². The van der Waals surface area contributed by atoms with Crippen LogP contribution in [0, 0.1) is 11.8 Å². The van der Waals surface area contributed by atoms with Crippen molar-refractivity contribution in [3.8, 4) is 0 Å². The van der Waals surface area contributed by atoms with Crippen LogP contribution in [0.15, 0.2) is 45.7 Å². The first-order chi connectivity index (χ1) is 11.3. The van der Waals surface area contributed by atoms with E-state index < -0.39 is 0 Å². The van der Waals surface area contributed by atoms with Gasteiger partial charge in [0.05, 0.1) is 10.8 Å². The molecule has 2 aromatic heterocycles. The molecular formula is C18H18ClN3O2. The quantitative estimate of drug-likeness (QED) is 0.688. The lowest BCUT2D eigenvalue weighted by atomic mass is 10.0. The van der Waals surface area contributed by atoms with Crippen LogP contribution in [0.3, 0.4) is 0 Å². The van der Waals surface area contributed by atoms with Crippen LogP contribution in [-0.4, -0.2) is 31.2 Å². The first kappa shape index (κ1) is 15.4. The zero-order valence-electron chi connectivity index (χ0n) is 13.1. The SMILES string of the molecule is Cl.O=c1c2cc(N3CC4CNCC4C3)ccc2oc2ncccc12. The molecule has 0 saturated carbocycles. The molecule has 1 N–H and O–H groups in total. The van der Waals surface area contributed by atoms with Crippen LogP contribution in [0.1, 0.15) is 0 Å². The van der Waals surface area contributed by atoms with E-state index in [0.29, 0.717) is 22.1 Å². The van der Waals surface area contributed by atoms with E-state index in [0.717, 1.165) is 43.7 Å². The molecule has 2 aliphatic rings. The van der Waals surface area contributed by atoms with E-state index in [9.17, 15) is 4.79 Å². The number of rotatable bonds is 1. The van der Waals surface area contributed by atoms with Gasteiger partial charge < -0.3 is 14.6 Å². The Hall–Kier alpha value is -2.11. The maximum atomic E-state index is 12.7. The normalized spacial score (nSPS) is 22.8. The lowest BCUT2D eigenvalue weighted by Gasteiger charge is -2.20. The topological polar surface area (TPSA) is 58.4 Å². The number of anilines is 1. The minimum Gasteiger partial charge on any atom is -0.437 e. The Morgan fingerprint density at radius 3 is 2.71 bits per heavy atom. The van der Waals surface area contributed by atoms with E-state index in [4.69, 9.17) is 4.42 Å². The Morgan fingerprint density at radius 1 is 1.12 bits per heavy atom. The average Bonchev–Trinajstić information content (AvgIpc) is 3.17. The number of hydrogen-bond donors (Lipinski definition) is 1. The first-order valence-electron chi connectivity index (χ1n) is 8.07. The lowest BCUT2D eigenvalue weighted by Crippen LogP contribution is -2.25. The summed E-state index contributed by atoms with van der Waals surface area (Å²) in [4.78, 5) is 19.3. The van der Waals surface area contributed by atoms with Crippen LogP contribution >= 0.6 is 12.4 Å². The third-order valence-corrected chi connectivity index (χ3v) is 5.18. The zero-order chi connectivity index (χ0) is 15.4. The Morgan fingerprint density at radius 2 is 1.92 bits per heavy atom. The number of nitrogens with zero attached hydrogens (tertiary/aromatic N) is 2. The zero-order valence-corrected chi connectivity index (χ0v) is 13.9. The molecular weight excluding hydrogens is 326 g/mol. The van der Waals surface area contributed by atoms with Gasteiger partial charge in [-0.3, -0.25) is 4.79 Å². The maximum absolute atomic E-state index is 12.7. The van der Waals surface area contributed by atoms with Gasteiger partial charge in [0, 0.05) is 38.1 Å². The predicted octanol–water partition coefficient (Wildman–Crippen LogP) is 2.42. The number of benzene rings is 1. The standard InChI is InChI=1S/C18H17N3O2.ClH/c22-17-14-2-1-5-20-18(14)23-16-4-3-13(6-15(16)17)21-9-11-7-19-8-12(11)10-21;/h1-6,11-12,19H,7-10H2;1H. The van der Waals surface area contributed by atoms with Crippen molar-refractivity contribution in [2.24, 2.45) is 11.8 Å². The number of nitrogens with one attached hydrogen (secondary N) is 1. The molecule has 4 heterocycles. The Kier molecular flexibility index (Phi) is 3.70. The van der Waals surface area contributed by atoms with Crippen molar-refractivity contribution >= 4 is 40.2 Å². The fourth-order valence-electron chi connectivity index (χ4n) is 3.94. The van der Waals surface area contributed by atoms with Gasteiger partial charge in [0.2, 0.25) is 11.1 Å². The fourth-order valence-corrected chi connectivity index (χ4v) is 3.94. The van der Waals surface area contributed by atoms with Gasteiger partial charge in [-0.2, -0.15) is 0 Å². The van der Waals surface area contributed by atoms with E-state index in [1.165, 1.54) is 0 Å². The molecule has 5 rings (SSSR count). The summed E-state index contributed by atoms with van der Waals surface area (Å²) in [6.45, 7) is 4.33. The van der Waals surface area contributed by atoms with Crippen LogP contribution in [0.5, 0.6) is 0 Å². The van der Waals surface area contributed by atoms with Crippen LogP contribution < -0.4 is 15.6 Å². The van der Waals surface area contributed by atoms with E-state index in [-0.39, 0.29) is 17.8 Å². The predicted molar refractivity (Wildman–Crippen MR) is 97.1 cm³/mol. The van der Waals surface area contributed by atoms with Gasteiger partial charge in [0.15, 0.2) is 0 Å².